The van der Waals surface area contributed by atoms with Crippen LogP contribution in [-0.2, 0) is 6.42 Å². The van der Waals surface area contributed by atoms with E-state index in [0.29, 0.717) is 16.1 Å². The predicted octanol–water partition coefficient (Wildman–Crippen LogP) is 7.44. The number of allylic oxidation sites excluding steroid dienone is 1. The largest absolute Gasteiger partial charge is 0.497 e. The van der Waals surface area contributed by atoms with Crippen LogP contribution in [0.2, 0.25) is 10.0 Å². The SMILES string of the molecule is COc1ccc2c(c1)C(c1ccc(N3CCN(C(C)C)CC3)cc1)=C(c1ccc(Cl)cc1Cl)CC2. The molecule has 1 saturated heterocycles. The zero-order valence-electron chi connectivity index (χ0n) is 20.7. The van der Waals surface area contributed by atoms with Gasteiger partial charge in [-0.15, -0.1) is 0 Å². The fourth-order valence-electron chi connectivity index (χ4n) is 5.35. The van der Waals surface area contributed by atoms with Crippen molar-refractivity contribution in [2.24, 2.45) is 0 Å². The number of halogens is 2. The number of aryl methyl sites for hydroxylation is 1. The van der Waals surface area contributed by atoms with Crippen LogP contribution in [0.3, 0.4) is 0 Å². The maximum atomic E-state index is 6.71. The summed E-state index contributed by atoms with van der Waals surface area (Å²) >= 11 is 12.9. The summed E-state index contributed by atoms with van der Waals surface area (Å²) in [6.45, 7) is 8.89. The van der Waals surface area contributed by atoms with Crippen molar-refractivity contribution < 1.29 is 4.74 Å². The van der Waals surface area contributed by atoms with Crippen LogP contribution in [0.5, 0.6) is 5.75 Å². The Morgan fingerprint density at radius 2 is 1.54 bits per heavy atom. The smallest absolute Gasteiger partial charge is 0.119 e. The molecule has 35 heavy (non-hydrogen) atoms. The van der Waals surface area contributed by atoms with E-state index in [1.54, 1.807) is 7.11 Å². The minimum absolute atomic E-state index is 0.605. The van der Waals surface area contributed by atoms with Gasteiger partial charge in [0.2, 0.25) is 0 Å². The molecule has 0 amide bonds. The standard InChI is InChI=1S/C30H32Cl2N2O/c1-20(2)33-14-16-34(17-15-33)24-9-4-22(5-10-24)30-27(26-13-8-23(31)18-29(26)32)12-7-21-6-11-25(35-3)19-28(21)30/h4-6,8-11,13,18-20H,7,12,14-17H2,1-3H3. The van der Waals surface area contributed by atoms with Crippen LogP contribution < -0.4 is 9.64 Å². The highest BCUT2D eigenvalue weighted by atomic mass is 35.5. The lowest BCUT2D eigenvalue weighted by Crippen LogP contribution is -2.48. The second kappa shape index (κ2) is 10.3. The van der Waals surface area contributed by atoms with Crippen LogP contribution in [0.4, 0.5) is 5.69 Å². The number of benzene rings is 3. The van der Waals surface area contributed by atoms with Crippen molar-refractivity contribution in [1.29, 1.82) is 0 Å². The molecule has 0 aromatic heterocycles. The Labute approximate surface area is 218 Å². The molecule has 0 saturated carbocycles. The Kier molecular flexibility index (Phi) is 7.11. The van der Waals surface area contributed by atoms with Crippen LogP contribution >= 0.6 is 23.2 Å². The molecule has 0 bridgehead atoms. The van der Waals surface area contributed by atoms with Crippen molar-refractivity contribution in [2.75, 3.05) is 38.2 Å². The molecule has 1 aliphatic heterocycles. The van der Waals surface area contributed by atoms with E-state index in [4.69, 9.17) is 27.9 Å². The molecule has 182 valence electrons. The summed E-state index contributed by atoms with van der Waals surface area (Å²) in [5, 5.41) is 1.34. The van der Waals surface area contributed by atoms with Crippen LogP contribution in [0.15, 0.2) is 60.7 Å². The first-order valence-corrected chi connectivity index (χ1v) is 13.2. The van der Waals surface area contributed by atoms with E-state index in [9.17, 15) is 0 Å². The first-order chi connectivity index (χ1) is 16.9. The average Bonchev–Trinajstić information content (AvgIpc) is 2.88. The van der Waals surface area contributed by atoms with E-state index < -0.39 is 0 Å². The molecule has 5 heteroatoms. The minimum atomic E-state index is 0.605. The van der Waals surface area contributed by atoms with Gasteiger partial charge >= 0.3 is 0 Å². The van der Waals surface area contributed by atoms with E-state index in [0.717, 1.165) is 50.3 Å². The summed E-state index contributed by atoms with van der Waals surface area (Å²) in [5.74, 6) is 0.865. The van der Waals surface area contributed by atoms with Gasteiger partial charge in [-0.25, -0.2) is 0 Å². The van der Waals surface area contributed by atoms with Crippen molar-refractivity contribution in [3.8, 4) is 5.75 Å². The van der Waals surface area contributed by atoms with Gasteiger partial charge in [0.15, 0.2) is 0 Å². The maximum Gasteiger partial charge on any atom is 0.119 e. The third-order valence-corrected chi connectivity index (χ3v) is 7.90. The molecule has 0 N–H and O–H groups in total. The zero-order valence-corrected chi connectivity index (χ0v) is 22.2. The van der Waals surface area contributed by atoms with Gasteiger partial charge in [-0.1, -0.05) is 47.5 Å². The van der Waals surface area contributed by atoms with Crippen molar-refractivity contribution in [2.45, 2.75) is 32.7 Å². The van der Waals surface area contributed by atoms with Crippen LogP contribution in [0.25, 0.3) is 11.1 Å². The molecule has 1 aliphatic carbocycles. The van der Waals surface area contributed by atoms with Gasteiger partial charge in [-0.2, -0.15) is 0 Å². The van der Waals surface area contributed by atoms with Crippen LogP contribution in [-0.4, -0.2) is 44.2 Å². The molecule has 5 rings (SSSR count). The number of hydrogen-bond acceptors (Lipinski definition) is 3. The highest BCUT2D eigenvalue weighted by molar-refractivity contribution is 6.36. The lowest BCUT2D eigenvalue weighted by molar-refractivity contribution is 0.209. The highest BCUT2D eigenvalue weighted by Crippen LogP contribution is 2.44. The zero-order chi connectivity index (χ0) is 24.5. The van der Waals surface area contributed by atoms with E-state index in [2.05, 4.69) is 66.1 Å². The van der Waals surface area contributed by atoms with Crippen LogP contribution in [0, 0.1) is 0 Å². The van der Waals surface area contributed by atoms with Gasteiger partial charge in [0.05, 0.1) is 7.11 Å². The molecule has 0 radical (unpaired) electrons. The Bertz CT molecular complexity index is 1240. The van der Waals surface area contributed by atoms with E-state index in [-0.39, 0.29) is 0 Å². The average molecular weight is 508 g/mol. The summed E-state index contributed by atoms with van der Waals surface area (Å²) in [4.78, 5) is 5.04. The third kappa shape index (κ3) is 4.95. The number of rotatable bonds is 5. The van der Waals surface area contributed by atoms with Gasteiger partial charge in [0.1, 0.15) is 5.75 Å². The molecule has 2 aliphatic rings. The summed E-state index contributed by atoms with van der Waals surface area (Å²) < 4.78 is 5.59. The number of anilines is 1. The molecule has 0 atom stereocenters. The van der Waals surface area contributed by atoms with Gasteiger partial charge in [-0.05, 0) is 96.5 Å². The van der Waals surface area contributed by atoms with Gasteiger partial charge < -0.3 is 9.64 Å². The first kappa shape index (κ1) is 24.2. The molecule has 0 spiro atoms. The molecule has 3 aromatic carbocycles. The number of fused-ring (bicyclic) bond motifs is 1. The van der Waals surface area contributed by atoms with Gasteiger partial charge in [-0.3, -0.25) is 4.90 Å². The van der Waals surface area contributed by atoms with E-state index >= 15 is 0 Å². The van der Waals surface area contributed by atoms with Gasteiger partial charge in [0.25, 0.3) is 0 Å². The monoisotopic (exact) mass is 506 g/mol. The molecule has 3 aromatic rings. The first-order valence-electron chi connectivity index (χ1n) is 12.4. The highest BCUT2D eigenvalue weighted by Gasteiger charge is 2.24. The maximum absolute atomic E-state index is 6.71. The fraction of sp³-hybridized carbons (Fsp3) is 0.333. The summed E-state index contributed by atoms with van der Waals surface area (Å²) in [5.41, 5.74) is 8.57. The Hall–Kier alpha value is -2.46. The summed E-state index contributed by atoms with van der Waals surface area (Å²) in [6.07, 6.45) is 1.89. The van der Waals surface area contributed by atoms with Crippen molar-refractivity contribution in [3.05, 3.63) is 93.0 Å². The lowest BCUT2D eigenvalue weighted by Gasteiger charge is -2.38. The molecule has 1 fully saturated rings. The molecular formula is C30H32Cl2N2O. The number of hydrogen-bond donors (Lipinski definition) is 0. The minimum Gasteiger partial charge on any atom is -0.497 e. The number of nitrogens with zero attached hydrogens (tertiary/aromatic N) is 2. The second-order valence-electron chi connectivity index (χ2n) is 9.66. The quantitative estimate of drug-likeness (QED) is 0.357. The summed E-state index contributed by atoms with van der Waals surface area (Å²) in [7, 11) is 1.72. The molecule has 0 unspecified atom stereocenters. The van der Waals surface area contributed by atoms with Crippen LogP contribution in [0.1, 0.15) is 42.5 Å². The van der Waals surface area contributed by atoms with Crippen molar-refractivity contribution >= 4 is 40.0 Å². The fourth-order valence-corrected chi connectivity index (χ4v) is 5.87. The van der Waals surface area contributed by atoms with E-state index in [1.165, 1.54) is 33.5 Å². The molecular weight excluding hydrogens is 475 g/mol. The predicted molar refractivity (Wildman–Crippen MR) is 149 cm³/mol. The lowest BCUT2D eigenvalue weighted by atomic mass is 9.79. The third-order valence-electron chi connectivity index (χ3n) is 7.35. The summed E-state index contributed by atoms with van der Waals surface area (Å²) in [6, 6.07) is 21.9. The number of methoxy groups -OCH3 is 1. The molecule has 1 heterocycles. The normalized spacial score (nSPS) is 16.6. The number of ether oxygens (including phenoxy) is 1. The van der Waals surface area contributed by atoms with Crippen molar-refractivity contribution in [1.82, 2.24) is 4.90 Å². The number of piperazine rings is 1. The Morgan fingerprint density at radius 1 is 0.800 bits per heavy atom. The van der Waals surface area contributed by atoms with E-state index in [1.807, 2.05) is 18.2 Å². The van der Waals surface area contributed by atoms with Gasteiger partial charge in [0, 0.05) is 48.0 Å². The molecule has 3 nitrogen and oxygen atoms in total. The second-order valence-corrected chi connectivity index (χ2v) is 10.5. The Balaban J connectivity index is 1.56. The Morgan fingerprint density at radius 3 is 2.20 bits per heavy atom. The van der Waals surface area contributed by atoms with Crippen molar-refractivity contribution in [3.63, 3.8) is 0 Å². The topological polar surface area (TPSA) is 15.7 Å².